The van der Waals surface area contributed by atoms with Gasteiger partial charge < -0.3 is 14.5 Å². The van der Waals surface area contributed by atoms with E-state index >= 15 is 0 Å². The summed E-state index contributed by atoms with van der Waals surface area (Å²) in [6, 6.07) is 15.3. The van der Waals surface area contributed by atoms with Gasteiger partial charge in [0.1, 0.15) is 5.75 Å². The molecule has 33 heavy (non-hydrogen) atoms. The minimum Gasteiger partial charge on any atom is -0.497 e. The average molecular weight is 462 g/mol. The van der Waals surface area contributed by atoms with Gasteiger partial charge in [-0.05, 0) is 49.2 Å². The molecule has 2 atom stereocenters. The number of hydrogen-bond donors (Lipinski definition) is 0. The lowest BCUT2D eigenvalue weighted by atomic mass is 9.82. The van der Waals surface area contributed by atoms with Crippen LogP contribution in [0.25, 0.3) is 10.2 Å². The van der Waals surface area contributed by atoms with Crippen molar-refractivity contribution in [2.45, 2.75) is 18.8 Å². The number of fused-ring (bicyclic) bond motifs is 1. The van der Waals surface area contributed by atoms with Crippen LogP contribution in [0.1, 0.15) is 34.1 Å². The van der Waals surface area contributed by atoms with Crippen molar-refractivity contribution < 1.29 is 14.3 Å². The Morgan fingerprint density at radius 3 is 2.36 bits per heavy atom. The van der Waals surface area contributed by atoms with Crippen molar-refractivity contribution in [2.75, 3.05) is 33.3 Å². The van der Waals surface area contributed by atoms with E-state index in [4.69, 9.17) is 9.72 Å². The fourth-order valence-electron chi connectivity index (χ4n) is 4.69. The smallest absolute Gasteiger partial charge is 0.253 e. The Bertz CT molecular complexity index is 1150. The van der Waals surface area contributed by atoms with Gasteiger partial charge >= 0.3 is 0 Å². The summed E-state index contributed by atoms with van der Waals surface area (Å²) in [4.78, 5) is 35.0. The Morgan fingerprint density at radius 2 is 1.64 bits per heavy atom. The number of ether oxygens (including phenoxy) is 1. The molecule has 2 unspecified atom stereocenters. The van der Waals surface area contributed by atoms with Crippen LogP contribution >= 0.6 is 11.3 Å². The third-order valence-electron chi connectivity index (χ3n) is 6.59. The Morgan fingerprint density at radius 1 is 0.939 bits per heavy atom. The summed E-state index contributed by atoms with van der Waals surface area (Å²) in [7, 11) is 1.61. The number of carbonyl (C=O) groups excluding carboxylic acids is 2. The Balaban J connectivity index is 1.25. The standard InChI is InChI=1S/C26H27N3O3S/c1-32-19-12-10-18(11-13-19)25(30)28-14-16-29(17-15-28)26(31)21-7-3-2-6-20(21)24-27-22-8-4-5-9-23(22)33-24/h2-5,8-13,20-21H,6-7,14-17H2,1H3. The summed E-state index contributed by atoms with van der Waals surface area (Å²) >= 11 is 1.70. The van der Waals surface area contributed by atoms with Crippen LogP contribution in [0.15, 0.2) is 60.7 Å². The van der Waals surface area contributed by atoms with E-state index in [1.54, 1.807) is 42.7 Å². The first-order valence-corrected chi connectivity index (χ1v) is 12.2. The van der Waals surface area contributed by atoms with Crippen LogP contribution < -0.4 is 4.74 Å². The number of nitrogens with zero attached hydrogens (tertiary/aromatic N) is 3. The van der Waals surface area contributed by atoms with Crippen molar-refractivity contribution in [3.05, 3.63) is 71.3 Å². The maximum absolute atomic E-state index is 13.5. The maximum Gasteiger partial charge on any atom is 0.253 e. The highest BCUT2D eigenvalue weighted by Gasteiger charge is 2.36. The lowest BCUT2D eigenvalue weighted by Crippen LogP contribution is -2.52. The molecule has 0 saturated carbocycles. The summed E-state index contributed by atoms with van der Waals surface area (Å²) < 4.78 is 6.34. The minimum absolute atomic E-state index is 0.00213. The lowest BCUT2D eigenvalue weighted by molar-refractivity contribution is -0.137. The van der Waals surface area contributed by atoms with Crippen LogP contribution in [0.5, 0.6) is 5.75 Å². The van der Waals surface area contributed by atoms with E-state index in [2.05, 4.69) is 18.2 Å². The molecular formula is C26H27N3O3S. The van der Waals surface area contributed by atoms with Gasteiger partial charge in [0.15, 0.2) is 0 Å². The zero-order valence-electron chi connectivity index (χ0n) is 18.6. The monoisotopic (exact) mass is 461 g/mol. The second-order valence-corrected chi connectivity index (χ2v) is 9.58. The molecule has 1 fully saturated rings. The fourth-order valence-corrected chi connectivity index (χ4v) is 5.84. The van der Waals surface area contributed by atoms with Crippen LogP contribution in [-0.2, 0) is 4.79 Å². The number of methoxy groups -OCH3 is 1. The Hall–Kier alpha value is -3.19. The van der Waals surface area contributed by atoms with Crippen LogP contribution in [-0.4, -0.2) is 59.9 Å². The lowest BCUT2D eigenvalue weighted by Gasteiger charge is -2.38. The minimum atomic E-state index is -0.0978. The Kier molecular flexibility index (Phi) is 6.13. The van der Waals surface area contributed by atoms with Gasteiger partial charge in [0, 0.05) is 37.7 Å². The normalized spacial score (nSPS) is 20.8. The molecule has 1 aromatic heterocycles. The molecule has 0 N–H and O–H groups in total. The molecule has 1 saturated heterocycles. The van der Waals surface area contributed by atoms with E-state index in [1.165, 1.54) is 4.70 Å². The van der Waals surface area contributed by atoms with Gasteiger partial charge in [-0.1, -0.05) is 24.3 Å². The first-order valence-electron chi connectivity index (χ1n) is 11.4. The summed E-state index contributed by atoms with van der Waals surface area (Å²) in [5.41, 5.74) is 1.65. The molecule has 0 spiro atoms. The third-order valence-corrected chi connectivity index (χ3v) is 7.76. The van der Waals surface area contributed by atoms with Crippen LogP contribution in [0.4, 0.5) is 0 Å². The number of amides is 2. The molecule has 6 nitrogen and oxygen atoms in total. The fraction of sp³-hybridized carbons (Fsp3) is 0.346. The molecular weight excluding hydrogens is 434 g/mol. The van der Waals surface area contributed by atoms with Crippen LogP contribution in [0, 0.1) is 5.92 Å². The molecule has 2 heterocycles. The molecule has 5 rings (SSSR count). The number of hydrogen-bond acceptors (Lipinski definition) is 5. The summed E-state index contributed by atoms with van der Waals surface area (Å²) in [5, 5.41) is 1.05. The van der Waals surface area contributed by atoms with Crippen molar-refractivity contribution in [1.82, 2.24) is 14.8 Å². The number of piperazine rings is 1. The highest BCUT2D eigenvalue weighted by atomic mass is 32.1. The number of thiazole rings is 1. The van der Waals surface area contributed by atoms with E-state index in [1.807, 2.05) is 28.0 Å². The first kappa shape index (κ1) is 21.6. The number of para-hydroxylation sites is 1. The number of allylic oxidation sites excluding steroid dienone is 2. The topological polar surface area (TPSA) is 62.7 Å². The second kappa shape index (κ2) is 9.35. The predicted octanol–water partition coefficient (Wildman–Crippen LogP) is 4.34. The van der Waals surface area contributed by atoms with Gasteiger partial charge in [-0.3, -0.25) is 9.59 Å². The highest BCUT2D eigenvalue weighted by Crippen LogP contribution is 2.39. The molecule has 1 aliphatic carbocycles. The summed E-state index contributed by atoms with van der Waals surface area (Å²) in [6.45, 7) is 2.22. The summed E-state index contributed by atoms with van der Waals surface area (Å²) in [6.07, 6.45) is 5.87. The van der Waals surface area contributed by atoms with Crippen LogP contribution in [0.3, 0.4) is 0 Å². The molecule has 7 heteroatoms. The number of aromatic nitrogens is 1. The van der Waals surface area contributed by atoms with E-state index < -0.39 is 0 Å². The number of carbonyl (C=O) groups is 2. The van der Waals surface area contributed by atoms with Crippen molar-refractivity contribution in [3.63, 3.8) is 0 Å². The van der Waals surface area contributed by atoms with Gasteiger partial charge in [0.25, 0.3) is 5.91 Å². The van der Waals surface area contributed by atoms with Gasteiger partial charge in [-0.2, -0.15) is 0 Å². The van der Waals surface area contributed by atoms with Gasteiger partial charge in [0.2, 0.25) is 5.91 Å². The molecule has 0 bridgehead atoms. The molecule has 1 aliphatic heterocycles. The van der Waals surface area contributed by atoms with Crippen LogP contribution in [0.2, 0.25) is 0 Å². The van der Waals surface area contributed by atoms with E-state index in [0.717, 1.165) is 29.1 Å². The first-order chi connectivity index (χ1) is 16.1. The Labute approximate surface area is 197 Å². The molecule has 2 aliphatic rings. The largest absolute Gasteiger partial charge is 0.497 e. The van der Waals surface area contributed by atoms with Crippen molar-refractivity contribution in [2.24, 2.45) is 5.92 Å². The SMILES string of the molecule is COc1ccc(C(=O)N2CCN(C(=O)C3CC=CCC3c3nc4ccccc4s3)CC2)cc1. The summed E-state index contributed by atoms with van der Waals surface area (Å²) in [5.74, 6) is 0.919. The van der Waals surface area contributed by atoms with Crippen molar-refractivity contribution in [1.29, 1.82) is 0 Å². The van der Waals surface area contributed by atoms with Gasteiger partial charge in [-0.15, -0.1) is 11.3 Å². The highest BCUT2D eigenvalue weighted by molar-refractivity contribution is 7.18. The third kappa shape index (κ3) is 4.37. The van der Waals surface area contributed by atoms with Gasteiger partial charge in [-0.25, -0.2) is 4.98 Å². The maximum atomic E-state index is 13.5. The number of benzene rings is 2. The van der Waals surface area contributed by atoms with E-state index in [9.17, 15) is 9.59 Å². The van der Waals surface area contributed by atoms with Crippen molar-refractivity contribution >= 4 is 33.4 Å². The second-order valence-electron chi connectivity index (χ2n) is 8.52. The molecule has 3 aromatic rings. The quantitative estimate of drug-likeness (QED) is 0.543. The molecule has 2 amide bonds. The van der Waals surface area contributed by atoms with Crippen molar-refractivity contribution in [3.8, 4) is 5.75 Å². The zero-order valence-corrected chi connectivity index (χ0v) is 19.5. The predicted molar refractivity (Wildman–Crippen MR) is 130 cm³/mol. The molecule has 0 radical (unpaired) electrons. The zero-order chi connectivity index (χ0) is 22.8. The average Bonchev–Trinajstić information content (AvgIpc) is 3.32. The van der Waals surface area contributed by atoms with E-state index in [-0.39, 0.29) is 23.7 Å². The molecule has 2 aromatic carbocycles. The van der Waals surface area contributed by atoms with E-state index in [0.29, 0.717) is 31.7 Å². The molecule has 170 valence electrons. The van der Waals surface area contributed by atoms with Gasteiger partial charge in [0.05, 0.1) is 28.3 Å². The number of rotatable bonds is 4.